The highest BCUT2D eigenvalue weighted by Gasteiger charge is 2.27. The molecule has 0 radical (unpaired) electrons. The molecule has 11 heteroatoms. The molecule has 2 aromatic heterocycles. The van der Waals surface area contributed by atoms with Crippen molar-refractivity contribution in [3.05, 3.63) is 47.8 Å². The van der Waals surface area contributed by atoms with Crippen LogP contribution in [0.2, 0.25) is 0 Å². The molecule has 1 saturated heterocycles. The molecule has 9 nitrogen and oxygen atoms in total. The molecule has 0 spiro atoms. The third kappa shape index (κ3) is 5.08. The molecule has 5 rings (SSSR count). The van der Waals surface area contributed by atoms with Gasteiger partial charge in [0, 0.05) is 36.0 Å². The Morgan fingerprint density at radius 1 is 1.05 bits per heavy atom. The minimum absolute atomic E-state index is 0.0393. The van der Waals surface area contributed by atoms with E-state index in [4.69, 9.17) is 29.3 Å². The van der Waals surface area contributed by atoms with Gasteiger partial charge in [0.25, 0.3) is 6.43 Å². The van der Waals surface area contributed by atoms with E-state index < -0.39 is 6.43 Å². The van der Waals surface area contributed by atoms with Crippen molar-refractivity contribution < 1.29 is 23.0 Å². The van der Waals surface area contributed by atoms with Crippen molar-refractivity contribution >= 4 is 22.5 Å². The number of alkyl halides is 2. The predicted octanol–water partition coefficient (Wildman–Crippen LogP) is 4.36. The molecule has 1 aliphatic heterocycles. The number of fused-ring (bicyclic) bond motifs is 3. The molecule has 196 valence electrons. The van der Waals surface area contributed by atoms with Gasteiger partial charge in [0.05, 0.1) is 27.9 Å². The maximum Gasteiger partial charge on any atom is 0.251 e. The number of hydrogen-bond acceptors (Lipinski definition) is 8. The van der Waals surface area contributed by atoms with Gasteiger partial charge in [0.2, 0.25) is 5.95 Å². The van der Waals surface area contributed by atoms with Crippen LogP contribution in [0.1, 0.15) is 30.1 Å². The van der Waals surface area contributed by atoms with Gasteiger partial charge in [-0.1, -0.05) is 6.07 Å². The molecule has 4 aromatic rings. The smallest absolute Gasteiger partial charge is 0.251 e. The molecule has 0 unspecified atom stereocenters. The summed E-state index contributed by atoms with van der Waals surface area (Å²) in [6, 6.07) is 11.3. The fourth-order valence-electron chi connectivity index (χ4n) is 4.87. The van der Waals surface area contributed by atoms with E-state index in [1.807, 2.05) is 36.4 Å². The average Bonchev–Trinajstić information content (AvgIpc) is 3.37. The molecule has 0 saturated carbocycles. The highest BCUT2D eigenvalue weighted by atomic mass is 19.3. The fourth-order valence-corrected chi connectivity index (χ4v) is 4.87. The monoisotopic (exact) mass is 512 g/mol. The Kier molecular flexibility index (Phi) is 7.22. The lowest BCUT2D eigenvalue weighted by molar-refractivity contribution is 0.0731. The first-order valence-corrected chi connectivity index (χ1v) is 12.2. The standard InChI is InChI=1S/C26H30F2N6O3/c1-35-18-10-9-16(21(12-18)37-3)13-29-26-30-23-19(7-4-8-20(23)36-2)25-31-24(32-34(25)26)17-6-5-11-33(14-17)15-22(27)28/h4,7-10,12,17,22H,5-6,11,13-15H2,1-3H3,(H,29,30)/t17-/m1/s1. The lowest BCUT2D eigenvalue weighted by Crippen LogP contribution is -2.37. The molecule has 0 amide bonds. The zero-order valence-electron chi connectivity index (χ0n) is 21.1. The molecule has 0 aliphatic carbocycles. The Balaban J connectivity index is 1.54. The second-order valence-corrected chi connectivity index (χ2v) is 9.02. The number of piperidine rings is 1. The number of methoxy groups -OCH3 is 3. The molecule has 1 atom stereocenters. The number of likely N-dealkylation sites (tertiary alicyclic amines) is 1. The van der Waals surface area contributed by atoms with Gasteiger partial charge in [0.1, 0.15) is 22.8 Å². The van der Waals surface area contributed by atoms with Gasteiger partial charge >= 0.3 is 0 Å². The minimum atomic E-state index is -2.36. The van der Waals surface area contributed by atoms with Crippen molar-refractivity contribution in [2.24, 2.45) is 0 Å². The highest BCUT2D eigenvalue weighted by Crippen LogP contribution is 2.32. The van der Waals surface area contributed by atoms with E-state index >= 15 is 0 Å². The van der Waals surface area contributed by atoms with Crippen molar-refractivity contribution in [2.75, 3.05) is 46.3 Å². The van der Waals surface area contributed by atoms with E-state index in [0.717, 1.165) is 23.8 Å². The van der Waals surface area contributed by atoms with Crippen LogP contribution in [0.25, 0.3) is 16.6 Å². The SMILES string of the molecule is COc1ccc(CNc2nc3c(OC)cccc3c3nc([C@@H]4CCCN(CC(F)F)C4)nn23)c(OC)c1. The van der Waals surface area contributed by atoms with Gasteiger partial charge in [0.15, 0.2) is 11.5 Å². The van der Waals surface area contributed by atoms with Crippen LogP contribution in [0.5, 0.6) is 17.2 Å². The lowest BCUT2D eigenvalue weighted by atomic mass is 9.97. The van der Waals surface area contributed by atoms with Crippen LogP contribution in [-0.4, -0.2) is 71.9 Å². The number of halogens is 2. The van der Waals surface area contributed by atoms with Crippen molar-refractivity contribution in [2.45, 2.75) is 31.7 Å². The van der Waals surface area contributed by atoms with Crippen LogP contribution in [0.3, 0.4) is 0 Å². The third-order valence-corrected chi connectivity index (χ3v) is 6.70. The van der Waals surface area contributed by atoms with Crippen molar-refractivity contribution in [3.63, 3.8) is 0 Å². The zero-order valence-corrected chi connectivity index (χ0v) is 21.1. The van der Waals surface area contributed by atoms with E-state index in [0.29, 0.717) is 59.8 Å². The van der Waals surface area contributed by atoms with Crippen LogP contribution < -0.4 is 19.5 Å². The maximum absolute atomic E-state index is 13.0. The molecule has 1 N–H and O–H groups in total. The van der Waals surface area contributed by atoms with E-state index in [1.165, 1.54) is 0 Å². The Morgan fingerprint density at radius 2 is 1.89 bits per heavy atom. The summed E-state index contributed by atoms with van der Waals surface area (Å²) >= 11 is 0. The minimum Gasteiger partial charge on any atom is -0.497 e. The Morgan fingerprint density at radius 3 is 2.65 bits per heavy atom. The van der Waals surface area contributed by atoms with Crippen molar-refractivity contribution in [3.8, 4) is 17.2 Å². The van der Waals surface area contributed by atoms with E-state index in [9.17, 15) is 8.78 Å². The number of aromatic nitrogens is 4. The molecule has 0 bridgehead atoms. The number of ether oxygens (including phenoxy) is 3. The normalized spacial score (nSPS) is 16.4. The Hall–Kier alpha value is -3.73. The number of anilines is 1. The quantitative estimate of drug-likeness (QED) is 0.354. The summed E-state index contributed by atoms with van der Waals surface area (Å²) in [6.07, 6.45) is -0.696. The van der Waals surface area contributed by atoms with E-state index in [2.05, 4.69) is 5.32 Å². The second kappa shape index (κ2) is 10.7. The van der Waals surface area contributed by atoms with Crippen LogP contribution in [0.15, 0.2) is 36.4 Å². The van der Waals surface area contributed by atoms with Gasteiger partial charge in [-0.3, -0.25) is 4.90 Å². The van der Waals surface area contributed by atoms with Crippen LogP contribution >= 0.6 is 0 Å². The molecular weight excluding hydrogens is 482 g/mol. The first-order valence-electron chi connectivity index (χ1n) is 12.2. The number of para-hydroxylation sites is 1. The number of nitrogens with one attached hydrogen (secondary N) is 1. The topological polar surface area (TPSA) is 86.0 Å². The summed E-state index contributed by atoms with van der Waals surface area (Å²) < 4.78 is 44.1. The first kappa shape index (κ1) is 24.9. The summed E-state index contributed by atoms with van der Waals surface area (Å²) in [5.74, 6) is 3.08. The lowest BCUT2D eigenvalue weighted by Gasteiger charge is -2.30. The van der Waals surface area contributed by atoms with Crippen LogP contribution in [-0.2, 0) is 6.54 Å². The predicted molar refractivity (Wildman–Crippen MR) is 136 cm³/mol. The number of hydrogen-bond donors (Lipinski definition) is 1. The van der Waals surface area contributed by atoms with Crippen molar-refractivity contribution in [1.82, 2.24) is 24.5 Å². The molecular formula is C26H30F2N6O3. The number of nitrogens with zero attached hydrogens (tertiary/aromatic N) is 5. The summed E-state index contributed by atoms with van der Waals surface area (Å²) in [6.45, 7) is 1.34. The molecule has 2 aromatic carbocycles. The first-order chi connectivity index (χ1) is 18.0. The van der Waals surface area contributed by atoms with E-state index in [1.54, 1.807) is 30.7 Å². The average molecular weight is 513 g/mol. The fraction of sp³-hybridized carbons (Fsp3) is 0.423. The molecule has 3 heterocycles. The molecule has 1 fully saturated rings. The summed E-state index contributed by atoms with van der Waals surface area (Å²) in [4.78, 5) is 11.5. The van der Waals surface area contributed by atoms with Gasteiger partial charge in [-0.05, 0) is 43.7 Å². The summed E-state index contributed by atoms with van der Waals surface area (Å²) in [5.41, 5.74) is 2.20. The largest absolute Gasteiger partial charge is 0.497 e. The van der Waals surface area contributed by atoms with Crippen LogP contribution in [0, 0.1) is 0 Å². The van der Waals surface area contributed by atoms with Gasteiger partial charge in [-0.15, -0.1) is 5.10 Å². The molecule has 37 heavy (non-hydrogen) atoms. The van der Waals surface area contributed by atoms with Gasteiger partial charge in [-0.2, -0.15) is 4.52 Å². The van der Waals surface area contributed by atoms with E-state index in [-0.39, 0.29) is 12.5 Å². The number of benzene rings is 2. The Labute approximate surface area is 213 Å². The van der Waals surface area contributed by atoms with Crippen molar-refractivity contribution in [1.29, 1.82) is 0 Å². The second-order valence-electron chi connectivity index (χ2n) is 9.02. The third-order valence-electron chi connectivity index (χ3n) is 6.70. The zero-order chi connectivity index (χ0) is 25.9. The Bertz CT molecular complexity index is 1400. The van der Waals surface area contributed by atoms with Crippen LogP contribution in [0.4, 0.5) is 14.7 Å². The van der Waals surface area contributed by atoms with Gasteiger partial charge in [-0.25, -0.2) is 18.7 Å². The molecule has 1 aliphatic rings. The summed E-state index contributed by atoms with van der Waals surface area (Å²) in [7, 11) is 4.82. The summed E-state index contributed by atoms with van der Waals surface area (Å²) in [5, 5.41) is 8.98. The highest BCUT2D eigenvalue weighted by molar-refractivity contribution is 5.96. The number of rotatable bonds is 9. The maximum atomic E-state index is 13.0. The van der Waals surface area contributed by atoms with Gasteiger partial charge < -0.3 is 19.5 Å².